The highest BCUT2D eigenvalue weighted by Crippen LogP contribution is 2.25. The lowest BCUT2D eigenvalue weighted by Gasteiger charge is -2.35. The zero-order valence-electron chi connectivity index (χ0n) is 14.2. The quantitative estimate of drug-likeness (QED) is 0.655. The van der Waals surface area contributed by atoms with Gasteiger partial charge in [-0.2, -0.15) is 0 Å². The Hall–Kier alpha value is -2.40. The first-order valence-electron chi connectivity index (χ1n) is 8.69. The smallest absolute Gasteiger partial charge is 0.238 e. The van der Waals surface area contributed by atoms with Crippen molar-refractivity contribution in [2.45, 2.75) is 32.0 Å². The Morgan fingerprint density at radius 1 is 1.31 bits per heavy atom. The summed E-state index contributed by atoms with van der Waals surface area (Å²) in [5.41, 5.74) is 0.513. The van der Waals surface area contributed by atoms with E-state index < -0.39 is 0 Å². The van der Waals surface area contributed by atoms with Gasteiger partial charge in [-0.1, -0.05) is 36.4 Å². The van der Waals surface area contributed by atoms with Gasteiger partial charge in [0.25, 0.3) is 0 Å². The fourth-order valence-electron chi connectivity index (χ4n) is 3.68. The van der Waals surface area contributed by atoms with E-state index >= 15 is 0 Å². The zero-order valence-corrected chi connectivity index (χ0v) is 15.0. The Bertz CT molecular complexity index is 955. The number of carbonyl (C=O) groups excluding carboxylic acids is 1. The maximum atomic E-state index is 15.0. The number of hydrogen-bond acceptors (Lipinski definition) is 2. The van der Waals surface area contributed by atoms with E-state index in [0.29, 0.717) is 17.5 Å². The van der Waals surface area contributed by atoms with E-state index in [1.807, 2.05) is 30.5 Å². The molecule has 4 rings (SSSR count). The van der Waals surface area contributed by atoms with Crippen LogP contribution in [0.5, 0.6) is 0 Å². The first-order chi connectivity index (χ1) is 12.7. The molecule has 0 bridgehead atoms. The van der Waals surface area contributed by atoms with Crippen LogP contribution in [0.15, 0.2) is 48.8 Å². The Balaban J connectivity index is 1.64. The molecule has 1 amide bonds. The summed E-state index contributed by atoms with van der Waals surface area (Å²) in [5, 5.41) is 1.42. The molecule has 134 valence electrons. The fourth-order valence-corrected chi connectivity index (χ4v) is 3.84. The van der Waals surface area contributed by atoms with Crippen LogP contribution in [0.3, 0.4) is 0 Å². The summed E-state index contributed by atoms with van der Waals surface area (Å²) in [6.45, 7) is 0.879. The van der Waals surface area contributed by atoms with Crippen LogP contribution < -0.4 is 0 Å². The normalized spacial score (nSPS) is 16.5. The largest absolute Gasteiger partial charge is 0.333 e. The van der Waals surface area contributed by atoms with Crippen molar-refractivity contribution in [3.8, 4) is 0 Å². The highest BCUT2D eigenvalue weighted by molar-refractivity contribution is 6.27. The summed E-state index contributed by atoms with van der Waals surface area (Å²) in [7, 11) is 0. The maximum Gasteiger partial charge on any atom is 0.238 e. The van der Waals surface area contributed by atoms with Gasteiger partial charge in [0.1, 0.15) is 17.5 Å². The summed E-state index contributed by atoms with van der Waals surface area (Å²) in [6, 6.07) is 11.0. The number of aromatic nitrogens is 2. The number of carbonyl (C=O) groups is 1. The third-order valence-corrected chi connectivity index (χ3v) is 5.30. The van der Waals surface area contributed by atoms with Gasteiger partial charge in [0.05, 0.1) is 6.04 Å². The first kappa shape index (κ1) is 17.0. The van der Waals surface area contributed by atoms with Crippen molar-refractivity contribution < 1.29 is 9.18 Å². The minimum Gasteiger partial charge on any atom is -0.333 e. The average Bonchev–Trinajstić information content (AvgIpc) is 3.15. The van der Waals surface area contributed by atoms with E-state index in [2.05, 4.69) is 9.55 Å². The van der Waals surface area contributed by atoms with Gasteiger partial charge in [0.15, 0.2) is 0 Å². The number of imidazole rings is 1. The lowest BCUT2D eigenvalue weighted by atomic mass is 10.0. The molecule has 26 heavy (non-hydrogen) atoms. The van der Waals surface area contributed by atoms with Crippen LogP contribution in [0.1, 0.15) is 17.8 Å². The van der Waals surface area contributed by atoms with Crippen molar-refractivity contribution in [2.75, 3.05) is 5.88 Å². The molecule has 2 aromatic carbocycles. The molecule has 0 radical (unpaired) electrons. The van der Waals surface area contributed by atoms with Crippen LogP contribution in [0, 0.1) is 5.82 Å². The second-order valence-electron chi connectivity index (χ2n) is 6.60. The predicted octanol–water partition coefficient (Wildman–Crippen LogP) is 3.76. The van der Waals surface area contributed by atoms with Crippen LogP contribution >= 0.6 is 11.6 Å². The molecule has 6 heteroatoms. The highest BCUT2D eigenvalue weighted by atomic mass is 35.5. The number of hydrogen-bond donors (Lipinski definition) is 0. The van der Waals surface area contributed by atoms with Crippen molar-refractivity contribution in [3.63, 3.8) is 0 Å². The third kappa shape index (κ3) is 3.07. The number of amides is 1. The Kier molecular flexibility index (Phi) is 4.64. The molecule has 1 unspecified atom stereocenters. The van der Waals surface area contributed by atoms with Gasteiger partial charge in [-0.05, 0) is 11.8 Å². The van der Waals surface area contributed by atoms with Crippen LogP contribution in [0.4, 0.5) is 4.39 Å². The summed E-state index contributed by atoms with van der Waals surface area (Å²) >= 11 is 5.84. The van der Waals surface area contributed by atoms with Crippen LogP contribution in [0.2, 0.25) is 0 Å². The fraction of sp³-hybridized carbons (Fsp3) is 0.300. The van der Waals surface area contributed by atoms with Crippen molar-refractivity contribution in [2.24, 2.45) is 0 Å². The van der Waals surface area contributed by atoms with Crippen LogP contribution in [0.25, 0.3) is 10.8 Å². The number of aryl methyl sites for hydroxylation is 1. The summed E-state index contributed by atoms with van der Waals surface area (Å²) in [4.78, 5) is 18.5. The van der Waals surface area contributed by atoms with Gasteiger partial charge in [-0.15, -0.1) is 11.6 Å². The molecule has 0 aliphatic carbocycles. The Morgan fingerprint density at radius 3 is 3.00 bits per heavy atom. The highest BCUT2D eigenvalue weighted by Gasteiger charge is 2.28. The molecule has 2 heterocycles. The standard InChI is InChI=1S/C20H19ClFN3O/c21-11-19(26)25(16-7-8-18-23-9-10-24(18)13-16)12-15-6-5-14-3-1-2-4-17(14)20(15)22/h1-6,9-10,16H,7-8,11-13H2. The first-order valence-corrected chi connectivity index (χ1v) is 9.22. The Labute approximate surface area is 156 Å². The molecule has 0 spiro atoms. The minimum atomic E-state index is -0.269. The van der Waals surface area contributed by atoms with E-state index in [-0.39, 0.29) is 30.2 Å². The molecule has 3 aromatic rings. The minimum absolute atomic E-state index is 0.0196. The molecule has 1 aromatic heterocycles. The second kappa shape index (κ2) is 7.08. The van der Waals surface area contributed by atoms with Crippen molar-refractivity contribution >= 4 is 28.3 Å². The zero-order chi connectivity index (χ0) is 18.1. The number of rotatable bonds is 4. The van der Waals surface area contributed by atoms with E-state index in [1.54, 1.807) is 23.2 Å². The lowest BCUT2D eigenvalue weighted by molar-refractivity contribution is -0.132. The molecule has 0 saturated heterocycles. The lowest BCUT2D eigenvalue weighted by Crippen LogP contribution is -2.45. The molecular weight excluding hydrogens is 353 g/mol. The summed E-state index contributed by atoms with van der Waals surface area (Å²) < 4.78 is 17.0. The number of nitrogens with zero attached hydrogens (tertiary/aromatic N) is 3. The number of halogens is 2. The number of alkyl halides is 1. The van der Waals surface area contributed by atoms with Crippen molar-refractivity contribution in [1.82, 2.24) is 14.5 Å². The van der Waals surface area contributed by atoms with Gasteiger partial charge in [0.2, 0.25) is 5.91 Å². The van der Waals surface area contributed by atoms with Gasteiger partial charge in [-0.3, -0.25) is 4.79 Å². The van der Waals surface area contributed by atoms with Gasteiger partial charge >= 0.3 is 0 Å². The number of benzene rings is 2. The van der Waals surface area contributed by atoms with E-state index in [1.165, 1.54) is 0 Å². The molecule has 4 nitrogen and oxygen atoms in total. The molecule has 1 aliphatic rings. The molecular formula is C20H19ClFN3O. The molecule has 0 saturated carbocycles. The van der Waals surface area contributed by atoms with Gasteiger partial charge in [-0.25, -0.2) is 9.37 Å². The van der Waals surface area contributed by atoms with E-state index in [9.17, 15) is 9.18 Å². The molecule has 1 aliphatic heterocycles. The van der Waals surface area contributed by atoms with Crippen molar-refractivity contribution in [3.05, 3.63) is 66.0 Å². The molecule has 0 fully saturated rings. The summed E-state index contributed by atoms with van der Waals surface area (Å²) in [6.07, 6.45) is 5.29. The third-order valence-electron chi connectivity index (χ3n) is 5.07. The monoisotopic (exact) mass is 371 g/mol. The predicted molar refractivity (Wildman–Crippen MR) is 99.5 cm³/mol. The van der Waals surface area contributed by atoms with Gasteiger partial charge < -0.3 is 9.47 Å². The number of fused-ring (bicyclic) bond motifs is 2. The van der Waals surface area contributed by atoms with Crippen molar-refractivity contribution in [1.29, 1.82) is 0 Å². The van der Waals surface area contributed by atoms with Crippen LogP contribution in [-0.4, -0.2) is 32.3 Å². The van der Waals surface area contributed by atoms with Gasteiger partial charge in [0, 0.05) is 42.9 Å². The second-order valence-corrected chi connectivity index (χ2v) is 6.87. The average molecular weight is 372 g/mol. The molecule has 0 N–H and O–H groups in total. The maximum absolute atomic E-state index is 15.0. The summed E-state index contributed by atoms with van der Waals surface area (Å²) in [5.74, 6) is 0.474. The Morgan fingerprint density at radius 2 is 2.15 bits per heavy atom. The van der Waals surface area contributed by atoms with E-state index in [4.69, 9.17) is 11.6 Å². The topological polar surface area (TPSA) is 38.1 Å². The SMILES string of the molecule is O=C(CCl)N(Cc1ccc2ccccc2c1F)C1CCc2nccn2C1. The van der Waals surface area contributed by atoms with E-state index in [0.717, 1.165) is 24.1 Å². The molecule has 1 atom stereocenters. The van der Waals surface area contributed by atoms with Crippen LogP contribution in [-0.2, 0) is 24.3 Å².